The van der Waals surface area contributed by atoms with Crippen LogP contribution in [-0.2, 0) is 0 Å². The molecule has 0 radical (unpaired) electrons. The SMILES string of the molecule is C[C@@H](NC(=O)c1ccc2ccncc2c1)c1ccc(C(=C2CCNCC2)c2ccc(F)cc2)cc1. The second-order valence-corrected chi connectivity index (χ2v) is 8.99. The van der Waals surface area contributed by atoms with Crippen LogP contribution in [0.5, 0.6) is 0 Å². The Balaban J connectivity index is 1.37. The van der Waals surface area contributed by atoms with Gasteiger partial charge in [0.1, 0.15) is 5.82 Å². The van der Waals surface area contributed by atoms with Gasteiger partial charge in [0.05, 0.1) is 6.04 Å². The molecule has 0 bridgehead atoms. The summed E-state index contributed by atoms with van der Waals surface area (Å²) in [6.45, 7) is 3.89. The quantitative estimate of drug-likeness (QED) is 0.377. The van der Waals surface area contributed by atoms with E-state index in [-0.39, 0.29) is 17.8 Å². The molecule has 0 saturated carbocycles. The Kier molecular flexibility index (Phi) is 6.68. The number of hydrogen-bond donors (Lipinski definition) is 2. The fourth-order valence-corrected chi connectivity index (χ4v) is 4.70. The molecule has 5 rings (SSSR count). The third-order valence-corrected chi connectivity index (χ3v) is 6.64. The summed E-state index contributed by atoms with van der Waals surface area (Å²) in [5, 5.41) is 8.51. The van der Waals surface area contributed by atoms with Crippen LogP contribution in [0.15, 0.2) is 90.8 Å². The number of piperidine rings is 1. The highest BCUT2D eigenvalue weighted by atomic mass is 19.1. The number of rotatable bonds is 5. The van der Waals surface area contributed by atoms with Crippen LogP contribution in [0.3, 0.4) is 0 Å². The molecule has 1 saturated heterocycles. The molecule has 1 aromatic heterocycles. The fraction of sp³-hybridized carbons (Fsp3) is 0.200. The Morgan fingerprint density at radius 1 is 0.886 bits per heavy atom. The van der Waals surface area contributed by atoms with Gasteiger partial charge in [-0.3, -0.25) is 9.78 Å². The molecule has 176 valence electrons. The molecule has 5 heteroatoms. The summed E-state index contributed by atoms with van der Waals surface area (Å²) in [4.78, 5) is 17.0. The average Bonchev–Trinajstić information content (AvgIpc) is 2.90. The molecule has 4 aromatic rings. The normalized spacial score (nSPS) is 14.5. The van der Waals surface area contributed by atoms with Crippen LogP contribution in [0.1, 0.15) is 52.9 Å². The van der Waals surface area contributed by atoms with Gasteiger partial charge in [0.15, 0.2) is 0 Å². The molecular formula is C30H28FN3O. The molecule has 1 fully saturated rings. The molecule has 1 aliphatic rings. The van der Waals surface area contributed by atoms with Crippen LogP contribution in [0.2, 0.25) is 0 Å². The molecule has 2 heterocycles. The summed E-state index contributed by atoms with van der Waals surface area (Å²) in [5.41, 5.74) is 6.34. The van der Waals surface area contributed by atoms with Gasteiger partial charge < -0.3 is 10.6 Å². The first-order valence-corrected chi connectivity index (χ1v) is 12.0. The predicted molar refractivity (Wildman–Crippen MR) is 139 cm³/mol. The number of nitrogens with one attached hydrogen (secondary N) is 2. The summed E-state index contributed by atoms with van der Waals surface area (Å²) in [7, 11) is 0. The Labute approximate surface area is 204 Å². The van der Waals surface area contributed by atoms with E-state index in [0.29, 0.717) is 5.56 Å². The van der Waals surface area contributed by atoms with Crippen molar-refractivity contribution in [1.82, 2.24) is 15.6 Å². The first kappa shape index (κ1) is 22.9. The van der Waals surface area contributed by atoms with Gasteiger partial charge in [-0.25, -0.2) is 4.39 Å². The molecule has 0 spiro atoms. The summed E-state index contributed by atoms with van der Waals surface area (Å²) < 4.78 is 13.6. The van der Waals surface area contributed by atoms with Crippen molar-refractivity contribution in [2.24, 2.45) is 0 Å². The molecule has 0 unspecified atom stereocenters. The lowest BCUT2D eigenvalue weighted by atomic mass is 9.88. The average molecular weight is 466 g/mol. The lowest BCUT2D eigenvalue weighted by molar-refractivity contribution is 0.0940. The summed E-state index contributed by atoms with van der Waals surface area (Å²) in [5.74, 6) is -0.345. The number of hydrogen-bond acceptors (Lipinski definition) is 3. The minimum Gasteiger partial charge on any atom is -0.346 e. The third kappa shape index (κ3) is 5.15. The third-order valence-electron chi connectivity index (χ3n) is 6.64. The molecule has 4 nitrogen and oxygen atoms in total. The number of benzene rings is 3. The summed E-state index contributed by atoms with van der Waals surface area (Å²) in [6, 6.07) is 22.5. The van der Waals surface area contributed by atoms with Crippen LogP contribution < -0.4 is 10.6 Å². The number of carbonyl (C=O) groups excluding carboxylic acids is 1. The lowest BCUT2D eigenvalue weighted by Crippen LogP contribution is -2.26. The second kappa shape index (κ2) is 10.2. The van der Waals surface area contributed by atoms with E-state index >= 15 is 0 Å². The smallest absolute Gasteiger partial charge is 0.251 e. The number of carbonyl (C=O) groups is 1. The first-order valence-electron chi connectivity index (χ1n) is 12.0. The van der Waals surface area contributed by atoms with Gasteiger partial charge in [0.2, 0.25) is 0 Å². The van der Waals surface area contributed by atoms with E-state index in [9.17, 15) is 9.18 Å². The van der Waals surface area contributed by atoms with Gasteiger partial charge in [-0.2, -0.15) is 0 Å². The van der Waals surface area contributed by atoms with Crippen LogP contribution >= 0.6 is 0 Å². The van der Waals surface area contributed by atoms with Crippen molar-refractivity contribution in [3.8, 4) is 0 Å². The zero-order chi connectivity index (χ0) is 24.2. The van der Waals surface area contributed by atoms with E-state index in [2.05, 4.69) is 39.9 Å². The molecule has 1 aliphatic heterocycles. The molecule has 1 atom stereocenters. The number of halogens is 1. The highest BCUT2D eigenvalue weighted by molar-refractivity contribution is 5.98. The van der Waals surface area contributed by atoms with Crippen molar-refractivity contribution in [2.75, 3.05) is 13.1 Å². The van der Waals surface area contributed by atoms with Gasteiger partial charge in [-0.1, -0.05) is 48.0 Å². The van der Waals surface area contributed by atoms with E-state index in [4.69, 9.17) is 0 Å². The largest absolute Gasteiger partial charge is 0.346 e. The van der Waals surface area contributed by atoms with E-state index in [1.54, 1.807) is 12.4 Å². The van der Waals surface area contributed by atoms with Gasteiger partial charge in [0, 0.05) is 23.3 Å². The van der Waals surface area contributed by atoms with Crippen molar-refractivity contribution >= 4 is 22.3 Å². The molecule has 2 N–H and O–H groups in total. The van der Waals surface area contributed by atoms with Crippen molar-refractivity contribution < 1.29 is 9.18 Å². The number of amides is 1. The van der Waals surface area contributed by atoms with Crippen molar-refractivity contribution in [3.63, 3.8) is 0 Å². The number of pyridine rings is 1. The van der Waals surface area contributed by atoms with Crippen LogP contribution in [0.4, 0.5) is 4.39 Å². The van der Waals surface area contributed by atoms with Crippen molar-refractivity contribution in [2.45, 2.75) is 25.8 Å². The summed E-state index contributed by atoms with van der Waals surface area (Å²) >= 11 is 0. The molecule has 35 heavy (non-hydrogen) atoms. The van der Waals surface area contributed by atoms with Crippen LogP contribution in [0, 0.1) is 5.82 Å². The number of aromatic nitrogens is 1. The van der Waals surface area contributed by atoms with Gasteiger partial charge >= 0.3 is 0 Å². The van der Waals surface area contributed by atoms with Gasteiger partial charge in [0.25, 0.3) is 5.91 Å². The molecule has 3 aromatic carbocycles. The fourth-order valence-electron chi connectivity index (χ4n) is 4.70. The minimum atomic E-state index is -0.231. The van der Waals surface area contributed by atoms with E-state index in [0.717, 1.165) is 53.4 Å². The predicted octanol–water partition coefficient (Wildman–Crippen LogP) is 6.05. The number of fused-ring (bicyclic) bond motifs is 1. The minimum absolute atomic E-state index is 0.115. The maximum absolute atomic E-state index is 13.6. The Hall–Kier alpha value is -3.83. The second-order valence-electron chi connectivity index (χ2n) is 8.99. The van der Waals surface area contributed by atoms with Crippen LogP contribution in [0.25, 0.3) is 16.3 Å². The standard InChI is InChI=1S/C30H28FN3O/c1-20(34-30(35)26-7-4-22-12-17-33-19-27(22)18-26)21-2-5-23(6-3-21)29(25-13-15-32-16-14-25)24-8-10-28(31)11-9-24/h2-12,17-20,32H,13-16H2,1H3,(H,34,35)/t20-/m1/s1. The van der Waals surface area contributed by atoms with Gasteiger partial charge in [-0.05, 0) is 90.8 Å². The maximum atomic E-state index is 13.6. The van der Waals surface area contributed by atoms with Gasteiger partial charge in [-0.15, -0.1) is 0 Å². The van der Waals surface area contributed by atoms with E-state index in [1.165, 1.54) is 23.3 Å². The lowest BCUT2D eigenvalue weighted by Gasteiger charge is -2.22. The number of nitrogens with zero attached hydrogens (tertiary/aromatic N) is 1. The maximum Gasteiger partial charge on any atom is 0.251 e. The monoisotopic (exact) mass is 465 g/mol. The molecule has 0 aliphatic carbocycles. The Morgan fingerprint density at radius 3 is 2.26 bits per heavy atom. The zero-order valence-corrected chi connectivity index (χ0v) is 19.7. The zero-order valence-electron chi connectivity index (χ0n) is 19.7. The van der Waals surface area contributed by atoms with E-state index < -0.39 is 0 Å². The van der Waals surface area contributed by atoms with Crippen molar-refractivity contribution in [1.29, 1.82) is 0 Å². The van der Waals surface area contributed by atoms with Crippen LogP contribution in [-0.4, -0.2) is 24.0 Å². The van der Waals surface area contributed by atoms with Crippen molar-refractivity contribution in [3.05, 3.63) is 119 Å². The highest BCUT2D eigenvalue weighted by Crippen LogP contribution is 2.32. The summed E-state index contributed by atoms with van der Waals surface area (Å²) in [6.07, 6.45) is 5.46. The first-order chi connectivity index (χ1) is 17.1. The topological polar surface area (TPSA) is 54.0 Å². The Morgan fingerprint density at radius 2 is 1.54 bits per heavy atom. The highest BCUT2D eigenvalue weighted by Gasteiger charge is 2.16. The Bertz CT molecular complexity index is 1370. The van der Waals surface area contributed by atoms with E-state index in [1.807, 2.05) is 43.3 Å². The molecule has 1 amide bonds. The molecular weight excluding hydrogens is 437 g/mol.